The minimum atomic E-state index is 0.184. The van der Waals surface area contributed by atoms with Gasteiger partial charge in [0, 0.05) is 49.2 Å². The lowest BCUT2D eigenvalue weighted by molar-refractivity contribution is -0.126. The highest BCUT2D eigenvalue weighted by molar-refractivity contribution is 5.84. The molecule has 1 atom stereocenters. The van der Waals surface area contributed by atoms with Crippen LogP contribution in [-0.4, -0.2) is 59.5 Å². The van der Waals surface area contributed by atoms with Crippen LogP contribution in [0.4, 0.5) is 0 Å². The van der Waals surface area contributed by atoms with Gasteiger partial charge in [0.15, 0.2) is 0 Å². The second kappa shape index (κ2) is 10.6. The number of carbonyl (C=O) groups excluding carboxylic acids is 1. The monoisotopic (exact) mass is 424 g/mol. The highest BCUT2D eigenvalue weighted by atomic mass is 16.1. The van der Waals surface area contributed by atoms with Crippen molar-refractivity contribution in [3.63, 3.8) is 0 Å². The van der Waals surface area contributed by atoms with Crippen molar-refractivity contribution in [3.05, 3.63) is 36.0 Å². The van der Waals surface area contributed by atoms with Crippen LogP contribution in [0.25, 0.3) is 10.9 Å². The SMILES string of the molecule is CCn1cc(CN2CCC(C(=O)NCCCN3CCC[C@@H](C)C3)CC2)c2ccccc21. The fourth-order valence-electron chi connectivity index (χ4n) is 5.45. The number of aromatic nitrogens is 1. The van der Waals surface area contributed by atoms with Crippen LogP contribution >= 0.6 is 0 Å². The van der Waals surface area contributed by atoms with Crippen molar-refractivity contribution in [2.45, 2.75) is 59.0 Å². The summed E-state index contributed by atoms with van der Waals surface area (Å²) in [5, 5.41) is 4.58. The van der Waals surface area contributed by atoms with Gasteiger partial charge in [0.2, 0.25) is 5.91 Å². The number of benzene rings is 1. The van der Waals surface area contributed by atoms with Gasteiger partial charge in [-0.15, -0.1) is 0 Å². The first-order valence-electron chi connectivity index (χ1n) is 12.4. The molecule has 0 saturated carbocycles. The van der Waals surface area contributed by atoms with Crippen LogP contribution in [-0.2, 0) is 17.9 Å². The molecule has 4 rings (SSSR count). The summed E-state index contributed by atoms with van der Waals surface area (Å²) in [5.41, 5.74) is 2.74. The van der Waals surface area contributed by atoms with Crippen molar-refractivity contribution in [1.82, 2.24) is 19.7 Å². The van der Waals surface area contributed by atoms with Crippen molar-refractivity contribution in [2.24, 2.45) is 11.8 Å². The number of likely N-dealkylation sites (tertiary alicyclic amines) is 2. The minimum absolute atomic E-state index is 0.184. The molecule has 0 radical (unpaired) electrons. The number of para-hydroxylation sites is 1. The number of nitrogens with zero attached hydrogens (tertiary/aromatic N) is 3. The molecule has 31 heavy (non-hydrogen) atoms. The molecule has 2 saturated heterocycles. The lowest BCUT2D eigenvalue weighted by Gasteiger charge is -2.32. The van der Waals surface area contributed by atoms with Gasteiger partial charge in [-0.3, -0.25) is 9.69 Å². The van der Waals surface area contributed by atoms with Gasteiger partial charge in [0.05, 0.1) is 0 Å². The lowest BCUT2D eigenvalue weighted by Crippen LogP contribution is -2.41. The first-order chi connectivity index (χ1) is 15.1. The zero-order valence-corrected chi connectivity index (χ0v) is 19.5. The minimum Gasteiger partial charge on any atom is -0.356 e. The van der Waals surface area contributed by atoms with E-state index in [0.29, 0.717) is 0 Å². The van der Waals surface area contributed by atoms with E-state index in [2.05, 4.69) is 64.0 Å². The molecule has 1 aromatic carbocycles. The molecule has 0 aliphatic carbocycles. The predicted molar refractivity (Wildman–Crippen MR) is 128 cm³/mol. The summed E-state index contributed by atoms with van der Waals surface area (Å²) in [6, 6.07) is 8.70. The molecule has 0 spiro atoms. The number of aryl methyl sites for hydroxylation is 1. The van der Waals surface area contributed by atoms with Gasteiger partial charge >= 0.3 is 0 Å². The van der Waals surface area contributed by atoms with E-state index in [9.17, 15) is 4.79 Å². The van der Waals surface area contributed by atoms with E-state index >= 15 is 0 Å². The number of piperidine rings is 2. The molecule has 170 valence electrons. The standard InChI is InChI=1S/C26H40N4O/c1-3-30-20-23(24-9-4-5-10-25(24)30)19-29-16-11-22(12-17-29)26(31)27-13-7-15-28-14-6-8-21(2)18-28/h4-5,9-10,20-22H,3,6-8,11-19H2,1-2H3,(H,27,31)/t21-/m1/s1. The van der Waals surface area contributed by atoms with Crippen LogP contribution in [0.15, 0.2) is 30.5 Å². The maximum Gasteiger partial charge on any atom is 0.223 e. The summed E-state index contributed by atoms with van der Waals surface area (Å²) in [5.74, 6) is 1.28. The van der Waals surface area contributed by atoms with Crippen LogP contribution in [0.3, 0.4) is 0 Å². The van der Waals surface area contributed by atoms with Crippen LogP contribution in [0, 0.1) is 11.8 Å². The van der Waals surface area contributed by atoms with Crippen molar-refractivity contribution in [2.75, 3.05) is 39.3 Å². The normalized spacial score (nSPS) is 21.5. The molecule has 2 fully saturated rings. The first kappa shape index (κ1) is 22.3. The molecule has 2 aromatic rings. The van der Waals surface area contributed by atoms with Crippen LogP contribution in [0.5, 0.6) is 0 Å². The molecule has 0 bridgehead atoms. The van der Waals surface area contributed by atoms with Gasteiger partial charge in [-0.05, 0) is 82.8 Å². The van der Waals surface area contributed by atoms with Crippen molar-refractivity contribution >= 4 is 16.8 Å². The van der Waals surface area contributed by atoms with Gasteiger partial charge in [0.1, 0.15) is 0 Å². The van der Waals surface area contributed by atoms with Crippen LogP contribution in [0.2, 0.25) is 0 Å². The summed E-state index contributed by atoms with van der Waals surface area (Å²) in [7, 11) is 0. The zero-order chi connectivity index (χ0) is 21.6. The van der Waals surface area contributed by atoms with Gasteiger partial charge < -0.3 is 14.8 Å². The Kier molecular flexibility index (Phi) is 7.67. The van der Waals surface area contributed by atoms with E-state index in [-0.39, 0.29) is 11.8 Å². The highest BCUT2D eigenvalue weighted by Crippen LogP contribution is 2.25. The van der Waals surface area contributed by atoms with E-state index < -0.39 is 0 Å². The van der Waals surface area contributed by atoms with E-state index in [1.807, 2.05) is 0 Å². The quantitative estimate of drug-likeness (QED) is 0.648. The van der Waals surface area contributed by atoms with Crippen LogP contribution in [0.1, 0.15) is 51.5 Å². The number of nitrogens with one attached hydrogen (secondary N) is 1. The summed E-state index contributed by atoms with van der Waals surface area (Å²) in [4.78, 5) is 17.7. The Morgan fingerprint density at radius 1 is 1.10 bits per heavy atom. The Bertz CT molecular complexity index is 852. The zero-order valence-electron chi connectivity index (χ0n) is 19.5. The second-order valence-electron chi connectivity index (χ2n) is 9.70. The molecule has 1 N–H and O–H groups in total. The lowest BCUT2D eigenvalue weighted by atomic mass is 9.95. The fourth-order valence-corrected chi connectivity index (χ4v) is 5.45. The van der Waals surface area contributed by atoms with Gasteiger partial charge in [-0.2, -0.15) is 0 Å². The smallest absolute Gasteiger partial charge is 0.223 e. The molecule has 5 nitrogen and oxygen atoms in total. The van der Waals surface area contributed by atoms with E-state index in [4.69, 9.17) is 0 Å². The van der Waals surface area contributed by atoms with Crippen molar-refractivity contribution in [3.8, 4) is 0 Å². The molecular formula is C26H40N4O. The molecular weight excluding hydrogens is 384 g/mol. The van der Waals surface area contributed by atoms with Gasteiger partial charge in [-0.25, -0.2) is 0 Å². The largest absolute Gasteiger partial charge is 0.356 e. The third-order valence-corrected chi connectivity index (χ3v) is 7.26. The summed E-state index contributed by atoms with van der Waals surface area (Å²) >= 11 is 0. The molecule has 2 aliphatic heterocycles. The average Bonchev–Trinajstić information content (AvgIpc) is 3.15. The number of rotatable bonds is 8. The Hall–Kier alpha value is -1.85. The van der Waals surface area contributed by atoms with E-state index in [0.717, 1.165) is 64.4 Å². The van der Waals surface area contributed by atoms with Gasteiger partial charge in [0.25, 0.3) is 0 Å². The topological polar surface area (TPSA) is 40.5 Å². The Morgan fingerprint density at radius 2 is 1.90 bits per heavy atom. The number of amides is 1. The van der Waals surface area contributed by atoms with Crippen LogP contribution < -0.4 is 5.32 Å². The maximum atomic E-state index is 12.6. The van der Waals surface area contributed by atoms with E-state index in [1.165, 1.54) is 42.4 Å². The second-order valence-corrected chi connectivity index (χ2v) is 9.70. The summed E-state index contributed by atoms with van der Waals surface area (Å²) in [6.45, 7) is 12.9. The van der Waals surface area contributed by atoms with E-state index in [1.54, 1.807) is 0 Å². The Balaban J connectivity index is 1.19. The van der Waals surface area contributed by atoms with Crippen molar-refractivity contribution < 1.29 is 4.79 Å². The molecule has 2 aliphatic rings. The molecule has 5 heteroatoms. The summed E-state index contributed by atoms with van der Waals surface area (Å²) in [6.07, 6.45) is 8.02. The summed E-state index contributed by atoms with van der Waals surface area (Å²) < 4.78 is 2.34. The molecule has 1 aromatic heterocycles. The Morgan fingerprint density at radius 3 is 2.68 bits per heavy atom. The van der Waals surface area contributed by atoms with Crippen molar-refractivity contribution in [1.29, 1.82) is 0 Å². The predicted octanol–water partition coefficient (Wildman–Crippen LogP) is 4.11. The number of fused-ring (bicyclic) bond motifs is 1. The molecule has 3 heterocycles. The molecule has 0 unspecified atom stereocenters. The highest BCUT2D eigenvalue weighted by Gasteiger charge is 2.25. The number of hydrogen-bond donors (Lipinski definition) is 1. The third-order valence-electron chi connectivity index (χ3n) is 7.26. The van der Waals surface area contributed by atoms with Gasteiger partial charge in [-0.1, -0.05) is 25.1 Å². The maximum absolute atomic E-state index is 12.6. The third kappa shape index (κ3) is 5.69. The first-order valence-corrected chi connectivity index (χ1v) is 12.4. The fraction of sp³-hybridized carbons (Fsp3) is 0.654. The Labute approximate surface area is 187 Å². The molecule has 1 amide bonds. The average molecular weight is 425 g/mol. The number of hydrogen-bond acceptors (Lipinski definition) is 3. The number of carbonyl (C=O) groups is 1.